The van der Waals surface area contributed by atoms with Gasteiger partial charge in [0.1, 0.15) is 5.76 Å². The number of hydrogen-bond acceptors (Lipinski definition) is 2. The standard InChI is InChI=1S/C10H14BrNO/c1-6(7(2)11)5-10-8(3)12-13-9(10)4/h5,7H,1-4H3/b6-5+. The summed E-state index contributed by atoms with van der Waals surface area (Å²) in [5, 5.41) is 3.89. The molecule has 1 rings (SSSR count). The predicted molar refractivity (Wildman–Crippen MR) is 58.0 cm³/mol. The van der Waals surface area contributed by atoms with Gasteiger partial charge in [-0.1, -0.05) is 26.7 Å². The highest BCUT2D eigenvalue weighted by Crippen LogP contribution is 2.19. The summed E-state index contributed by atoms with van der Waals surface area (Å²) < 4.78 is 5.07. The quantitative estimate of drug-likeness (QED) is 0.744. The summed E-state index contributed by atoms with van der Waals surface area (Å²) in [5.41, 5.74) is 3.32. The Labute approximate surface area is 87.1 Å². The van der Waals surface area contributed by atoms with Crippen LogP contribution in [0.1, 0.15) is 30.9 Å². The van der Waals surface area contributed by atoms with Crippen molar-refractivity contribution >= 4 is 22.0 Å². The van der Waals surface area contributed by atoms with Crippen LogP contribution >= 0.6 is 15.9 Å². The summed E-state index contributed by atoms with van der Waals surface area (Å²) in [5.74, 6) is 0.880. The van der Waals surface area contributed by atoms with E-state index >= 15 is 0 Å². The minimum atomic E-state index is 0.390. The Bertz CT molecular complexity index is 306. The van der Waals surface area contributed by atoms with Crippen LogP contribution in [0.25, 0.3) is 6.08 Å². The summed E-state index contributed by atoms with van der Waals surface area (Å²) >= 11 is 3.52. The van der Waals surface area contributed by atoms with Gasteiger partial charge in [-0.15, -0.1) is 0 Å². The van der Waals surface area contributed by atoms with Crippen molar-refractivity contribution in [2.45, 2.75) is 32.5 Å². The first-order valence-electron chi connectivity index (χ1n) is 4.27. The molecule has 1 heterocycles. The monoisotopic (exact) mass is 243 g/mol. The Kier molecular flexibility index (Phi) is 3.31. The van der Waals surface area contributed by atoms with E-state index < -0.39 is 0 Å². The molecule has 0 N–H and O–H groups in total. The van der Waals surface area contributed by atoms with Crippen molar-refractivity contribution in [2.24, 2.45) is 0 Å². The average molecular weight is 244 g/mol. The molecular formula is C10H14BrNO. The van der Waals surface area contributed by atoms with Crippen LogP contribution in [-0.2, 0) is 0 Å². The molecule has 0 bridgehead atoms. The number of allylic oxidation sites excluding steroid dienone is 1. The van der Waals surface area contributed by atoms with E-state index in [-0.39, 0.29) is 0 Å². The number of aryl methyl sites for hydroxylation is 2. The van der Waals surface area contributed by atoms with Crippen molar-refractivity contribution in [2.75, 3.05) is 0 Å². The van der Waals surface area contributed by atoms with E-state index in [9.17, 15) is 0 Å². The molecule has 0 saturated carbocycles. The molecule has 0 amide bonds. The third kappa shape index (κ3) is 2.44. The van der Waals surface area contributed by atoms with Gasteiger partial charge < -0.3 is 4.52 Å². The largest absolute Gasteiger partial charge is 0.361 e. The third-order valence-electron chi connectivity index (χ3n) is 2.09. The highest BCUT2D eigenvalue weighted by atomic mass is 79.9. The van der Waals surface area contributed by atoms with Gasteiger partial charge in [0.2, 0.25) is 0 Å². The number of nitrogens with zero attached hydrogens (tertiary/aromatic N) is 1. The maximum atomic E-state index is 5.07. The maximum absolute atomic E-state index is 5.07. The van der Waals surface area contributed by atoms with Gasteiger partial charge >= 0.3 is 0 Å². The van der Waals surface area contributed by atoms with E-state index in [1.165, 1.54) is 5.57 Å². The molecule has 13 heavy (non-hydrogen) atoms. The Hall–Kier alpha value is -0.570. The number of halogens is 1. The normalized spacial score (nSPS) is 14.7. The maximum Gasteiger partial charge on any atom is 0.141 e. The second kappa shape index (κ2) is 4.09. The molecule has 1 atom stereocenters. The lowest BCUT2D eigenvalue weighted by Crippen LogP contribution is -1.91. The molecule has 0 aromatic carbocycles. The highest BCUT2D eigenvalue weighted by molar-refractivity contribution is 9.09. The molecule has 2 nitrogen and oxygen atoms in total. The van der Waals surface area contributed by atoms with E-state index in [0.29, 0.717) is 4.83 Å². The minimum absolute atomic E-state index is 0.390. The van der Waals surface area contributed by atoms with Gasteiger partial charge in [0.15, 0.2) is 0 Å². The van der Waals surface area contributed by atoms with Gasteiger partial charge in [-0.25, -0.2) is 0 Å². The van der Waals surface area contributed by atoms with E-state index in [0.717, 1.165) is 17.0 Å². The smallest absolute Gasteiger partial charge is 0.141 e. The summed E-state index contributed by atoms with van der Waals surface area (Å²) in [6.45, 7) is 8.07. The lowest BCUT2D eigenvalue weighted by Gasteiger charge is -2.02. The van der Waals surface area contributed by atoms with Crippen molar-refractivity contribution < 1.29 is 4.52 Å². The number of alkyl halides is 1. The summed E-state index contributed by atoms with van der Waals surface area (Å²) in [6, 6.07) is 0. The fourth-order valence-electron chi connectivity index (χ4n) is 1.04. The first-order valence-corrected chi connectivity index (χ1v) is 5.19. The zero-order valence-electron chi connectivity index (χ0n) is 8.39. The Morgan fingerprint density at radius 3 is 2.54 bits per heavy atom. The van der Waals surface area contributed by atoms with E-state index in [4.69, 9.17) is 4.52 Å². The molecule has 0 radical (unpaired) electrons. The Morgan fingerprint density at radius 1 is 1.54 bits per heavy atom. The first-order chi connectivity index (χ1) is 6.02. The van der Waals surface area contributed by atoms with Gasteiger partial charge in [0, 0.05) is 10.4 Å². The van der Waals surface area contributed by atoms with Crippen molar-refractivity contribution in [3.05, 3.63) is 22.6 Å². The fourth-order valence-corrected chi connectivity index (χ4v) is 1.17. The molecule has 0 spiro atoms. The summed E-state index contributed by atoms with van der Waals surface area (Å²) in [4.78, 5) is 0.390. The van der Waals surface area contributed by atoms with Crippen molar-refractivity contribution in [1.29, 1.82) is 0 Å². The molecule has 3 heteroatoms. The van der Waals surface area contributed by atoms with Crippen LogP contribution < -0.4 is 0 Å². The molecule has 1 aromatic heterocycles. The summed E-state index contributed by atoms with van der Waals surface area (Å²) in [7, 11) is 0. The number of hydrogen-bond donors (Lipinski definition) is 0. The zero-order valence-corrected chi connectivity index (χ0v) is 9.97. The van der Waals surface area contributed by atoms with E-state index in [2.05, 4.69) is 41.0 Å². The average Bonchev–Trinajstić information content (AvgIpc) is 2.35. The molecule has 0 saturated heterocycles. The molecule has 1 unspecified atom stereocenters. The molecule has 0 fully saturated rings. The van der Waals surface area contributed by atoms with E-state index in [1.54, 1.807) is 0 Å². The number of rotatable bonds is 2. The molecule has 0 aliphatic heterocycles. The minimum Gasteiger partial charge on any atom is -0.361 e. The topological polar surface area (TPSA) is 26.0 Å². The Balaban J connectivity index is 3.03. The van der Waals surface area contributed by atoms with E-state index in [1.807, 2.05) is 13.8 Å². The fraction of sp³-hybridized carbons (Fsp3) is 0.500. The molecular weight excluding hydrogens is 230 g/mol. The van der Waals surface area contributed by atoms with Crippen LogP contribution in [0.3, 0.4) is 0 Å². The highest BCUT2D eigenvalue weighted by Gasteiger charge is 2.07. The summed E-state index contributed by atoms with van der Waals surface area (Å²) in [6.07, 6.45) is 2.11. The second-order valence-corrected chi connectivity index (χ2v) is 4.62. The van der Waals surface area contributed by atoms with Gasteiger partial charge in [0.05, 0.1) is 5.69 Å². The predicted octanol–water partition coefficient (Wildman–Crippen LogP) is 3.48. The molecule has 0 aliphatic carbocycles. The van der Waals surface area contributed by atoms with Gasteiger partial charge in [0.25, 0.3) is 0 Å². The van der Waals surface area contributed by atoms with Crippen molar-refractivity contribution in [1.82, 2.24) is 5.16 Å². The number of aromatic nitrogens is 1. The molecule has 1 aromatic rings. The Morgan fingerprint density at radius 2 is 2.15 bits per heavy atom. The lowest BCUT2D eigenvalue weighted by molar-refractivity contribution is 0.393. The molecule has 0 aliphatic rings. The van der Waals surface area contributed by atoms with Gasteiger partial charge in [-0.3, -0.25) is 0 Å². The SMILES string of the molecule is C/C(=C\c1c(C)noc1C)C(C)Br. The van der Waals surface area contributed by atoms with Crippen LogP contribution in [-0.4, -0.2) is 9.98 Å². The lowest BCUT2D eigenvalue weighted by atomic mass is 10.1. The van der Waals surface area contributed by atoms with Crippen LogP contribution in [0.2, 0.25) is 0 Å². The third-order valence-corrected chi connectivity index (χ3v) is 2.81. The van der Waals surface area contributed by atoms with Gasteiger partial charge in [-0.2, -0.15) is 0 Å². The first kappa shape index (κ1) is 10.5. The van der Waals surface area contributed by atoms with Crippen molar-refractivity contribution in [3.8, 4) is 0 Å². The second-order valence-electron chi connectivity index (χ2n) is 3.24. The van der Waals surface area contributed by atoms with Crippen LogP contribution in [0.5, 0.6) is 0 Å². The van der Waals surface area contributed by atoms with Crippen LogP contribution in [0.15, 0.2) is 10.1 Å². The van der Waals surface area contributed by atoms with Crippen LogP contribution in [0.4, 0.5) is 0 Å². The van der Waals surface area contributed by atoms with Crippen LogP contribution in [0, 0.1) is 13.8 Å². The zero-order chi connectivity index (χ0) is 10.0. The molecule has 72 valence electrons. The van der Waals surface area contributed by atoms with Crippen molar-refractivity contribution in [3.63, 3.8) is 0 Å². The van der Waals surface area contributed by atoms with Gasteiger partial charge in [-0.05, 0) is 33.8 Å².